The van der Waals surface area contributed by atoms with Crippen LogP contribution < -0.4 is 5.32 Å². The van der Waals surface area contributed by atoms with Crippen molar-refractivity contribution in [2.24, 2.45) is 17.8 Å². The number of fused-ring (bicyclic) bond motifs is 1. The van der Waals surface area contributed by atoms with Crippen molar-refractivity contribution in [1.29, 1.82) is 0 Å². The monoisotopic (exact) mass is 260 g/mol. The van der Waals surface area contributed by atoms with Gasteiger partial charge in [0, 0.05) is 12.0 Å². The molecule has 0 saturated heterocycles. The predicted molar refractivity (Wildman–Crippen MR) is 70.8 cm³/mol. The molecule has 1 amide bonds. The van der Waals surface area contributed by atoms with Gasteiger partial charge in [0.05, 0.1) is 16.2 Å². The van der Waals surface area contributed by atoms with Gasteiger partial charge in [-0.15, -0.1) is 0 Å². The van der Waals surface area contributed by atoms with E-state index >= 15 is 0 Å². The lowest BCUT2D eigenvalue weighted by Crippen LogP contribution is -2.22. The summed E-state index contributed by atoms with van der Waals surface area (Å²) in [6.07, 6.45) is 3.23. The number of carbonyl (C=O) groups is 1. The number of nitro benzene ring substituents is 1. The Morgan fingerprint density at radius 3 is 2.63 bits per heavy atom. The summed E-state index contributed by atoms with van der Waals surface area (Å²) in [5.41, 5.74) is 1.12. The van der Waals surface area contributed by atoms with Crippen LogP contribution in [0.5, 0.6) is 0 Å². The van der Waals surface area contributed by atoms with Gasteiger partial charge in [0.15, 0.2) is 0 Å². The molecule has 5 nitrogen and oxygen atoms in total. The first-order valence-electron chi connectivity index (χ1n) is 6.61. The first-order chi connectivity index (χ1) is 9.06. The fourth-order valence-electron chi connectivity index (χ4n) is 3.12. The highest BCUT2D eigenvalue weighted by atomic mass is 16.6. The van der Waals surface area contributed by atoms with E-state index in [0.29, 0.717) is 11.3 Å². The van der Waals surface area contributed by atoms with Gasteiger partial charge in [-0.25, -0.2) is 0 Å². The minimum atomic E-state index is -0.421. The number of nitro groups is 1. The molecule has 0 radical (unpaired) electrons. The second-order valence-corrected chi connectivity index (χ2v) is 5.62. The van der Waals surface area contributed by atoms with E-state index in [2.05, 4.69) is 5.32 Å². The van der Waals surface area contributed by atoms with E-state index in [-0.39, 0.29) is 17.5 Å². The van der Waals surface area contributed by atoms with Gasteiger partial charge < -0.3 is 5.32 Å². The number of hydrogen-bond donors (Lipinski definition) is 1. The molecule has 2 aliphatic rings. The Kier molecular flexibility index (Phi) is 2.77. The molecule has 0 heterocycles. The first-order valence-corrected chi connectivity index (χ1v) is 6.61. The smallest absolute Gasteiger partial charge is 0.274 e. The van der Waals surface area contributed by atoms with Crippen LogP contribution >= 0.6 is 0 Å². The van der Waals surface area contributed by atoms with E-state index in [9.17, 15) is 14.9 Å². The zero-order chi connectivity index (χ0) is 13.6. The molecule has 2 fully saturated rings. The summed E-state index contributed by atoms with van der Waals surface area (Å²) >= 11 is 0. The minimum Gasteiger partial charge on any atom is -0.325 e. The van der Waals surface area contributed by atoms with Crippen LogP contribution in [0.25, 0.3) is 0 Å². The van der Waals surface area contributed by atoms with Crippen molar-refractivity contribution in [2.75, 3.05) is 5.32 Å². The molecule has 1 aromatic rings. The molecule has 5 heteroatoms. The standard InChI is InChI=1S/C14H16N2O3/c1-8-12(3-2-4-13(8)16(18)19)15-14(17)11-6-9-5-10(9)7-11/h2-4,9-11H,5-7H2,1H3,(H,15,17). The minimum absolute atomic E-state index is 0.01000. The van der Waals surface area contributed by atoms with Crippen molar-refractivity contribution in [3.05, 3.63) is 33.9 Å². The Labute approximate surface area is 111 Å². The highest BCUT2D eigenvalue weighted by Gasteiger charge is 2.48. The van der Waals surface area contributed by atoms with E-state index in [1.54, 1.807) is 19.1 Å². The maximum Gasteiger partial charge on any atom is 0.274 e. The fourth-order valence-corrected chi connectivity index (χ4v) is 3.12. The molecule has 2 aliphatic carbocycles. The number of hydrogen-bond acceptors (Lipinski definition) is 3. The van der Waals surface area contributed by atoms with Crippen LogP contribution in [0, 0.1) is 34.8 Å². The summed E-state index contributed by atoms with van der Waals surface area (Å²) in [4.78, 5) is 22.6. The molecule has 100 valence electrons. The number of rotatable bonds is 3. The van der Waals surface area contributed by atoms with Crippen molar-refractivity contribution in [3.8, 4) is 0 Å². The van der Waals surface area contributed by atoms with Gasteiger partial charge in [-0.2, -0.15) is 0 Å². The predicted octanol–water partition coefficient (Wildman–Crippen LogP) is 2.89. The Morgan fingerprint density at radius 1 is 1.32 bits per heavy atom. The van der Waals surface area contributed by atoms with Gasteiger partial charge in [0.25, 0.3) is 5.69 Å². The lowest BCUT2D eigenvalue weighted by molar-refractivity contribution is -0.385. The highest BCUT2D eigenvalue weighted by Crippen LogP contribution is 2.54. The molecule has 1 N–H and O–H groups in total. The summed E-state index contributed by atoms with van der Waals surface area (Å²) in [6.45, 7) is 1.67. The van der Waals surface area contributed by atoms with Gasteiger partial charge in [0.1, 0.15) is 0 Å². The van der Waals surface area contributed by atoms with Crippen LogP contribution in [0.1, 0.15) is 24.8 Å². The molecule has 3 rings (SSSR count). The van der Waals surface area contributed by atoms with Crippen molar-refractivity contribution in [3.63, 3.8) is 0 Å². The maximum absolute atomic E-state index is 12.1. The van der Waals surface area contributed by atoms with Gasteiger partial charge in [-0.05, 0) is 44.1 Å². The van der Waals surface area contributed by atoms with E-state index in [4.69, 9.17) is 0 Å². The molecule has 2 unspecified atom stereocenters. The molecular formula is C14H16N2O3. The third-order valence-corrected chi connectivity index (χ3v) is 4.37. The van der Waals surface area contributed by atoms with Crippen LogP contribution in [0.4, 0.5) is 11.4 Å². The highest BCUT2D eigenvalue weighted by molar-refractivity contribution is 5.94. The molecule has 1 aromatic carbocycles. The zero-order valence-corrected chi connectivity index (χ0v) is 10.8. The van der Waals surface area contributed by atoms with Crippen LogP contribution in [-0.2, 0) is 4.79 Å². The summed E-state index contributed by atoms with van der Waals surface area (Å²) < 4.78 is 0. The Bertz CT molecular complexity index is 546. The van der Waals surface area contributed by atoms with E-state index in [0.717, 1.165) is 24.7 Å². The Hall–Kier alpha value is -1.91. The fraction of sp³-hybridized carbons (Fsp3) is 0.500. The molecule has 19 heavy (non-hydrogen) atoms. The summed E-state index contributed by atoms with van der Waals surface area (Å²) in [7, 11) is 0. The molecule has 0 bridgehead atoms. The van der Waals surface area contributed by atoms with Crippen molar-refractivity contribution in [2.45, 2.75) is 26.2 Å². The second-order valence-electron chi connectivity index (χ2n) is 5.62. The normalized spacial score (nSPS) is 27.7. The Balaban J connectivity index is 1.74. The van der Waals surface area contributed by atoms with Crippen molar-refractivity contribution < 1.29 is 9.72 Å². The van der Waals surface area contributed by atoms with Crippen molar-refractivity contribution in [1.82, 2.24) is 0 Å². The average molecular weight is 260 g/mol. The second kappa shape index (κ2) is 4.33. The third-order valence-electron chi connectivity index (χ3n) is 4.37. The largest absolute Gasteiger partial charge is 0.325 e. The number of nitrogens with zero attached hydrogens (tertiary/aromatic N) is 1. The third kappa shape index (κ3) is 2.20. The van der Waals surface area contributed by atoms with E-state index < -0.39 is 4.92 Å². The van der Waals surface area contributed by atoms with Crippen LogP contribution in [-0.4, -0.2) is 10.8 Å². The molecule has 0 aliphatic heterocycles. The lowest BCUT2D eigenvalue weighted by Gasteiger charge is -2.13. The van der Waals surface area contributed by atoms with Gasteiger partial charge >= 0.3 is 0 Å². The average Bonchev–Trinajstić information content (AvgIpc) is 2.98. The summed E-state index contributed by atoms with van der Waals surface area (Å²) in [6, 6.07) is 4.78. The number of nitrogens with one attached hydrogen (secondary N) is 1. The van der Waals surface area contributed by atoms with Gasteiger partial charge in [-0.1, -0.05) is 6.07 Å². The molecular weight excluding hydrogens is 244 g/mol. The number of anilines is 1. The number of benzene rings is 1. The summed E-state index contributed by atoms with van der Waals surface area (Å²) in [5.74, 6) is 1.60. The zero-order valence-electron chi connectivity index (χ0n) is 10.8. The summed E-state index contributed by atoms with van der Waals surface area (Å²) in [5, 5.41) is 13.7. The Morgan fingerprint density at radius 2 is 2.00 bits per heavy atom. The van der Waals surface area contributed by atoms with Crippen LogP contribution in [0.15, 0.2) is 18.2 Å². The molecule has 0 spiro atoms. The number of amides is 1. The topological polar surface area (TPSA) is 72.2 Å². The molecule has 2 atom stereocenters. The molecule has 2 saturated carbocycles. The number of carbonyl (C=O) groups excluding carboxylic acids is 1. The maximum atomic E-state index is 12.1. The SMILES string of the molecule is Cc1c(NC(=O)C2CC3CC3C2)cccc1[N+](=O)[O-]. The molecule has 0 aromatic heterocycles. The van der Waals surface area contributed by atoms with E-state index in [1.807, 2.05) is 0 Å². The first kappa shape index (κ1) is 12.1. The van der Waals surface area contributed by atoms with Crippen molar-refractivity contribution >= 4 is 17.3 Å². The quantitative estimate of drug-likeness (QED) is 0.671. The van der Waals surface area contributed by atoms with Crippen LogP contribution in [0.3, 0.4) is 0 Å². The lowest BCUT2D eigenvalue weighted by atomic mass is 10.0. The van der Waals surface area contributed by atoms with Crippen LogP contribution in [0.2, 0.25) is 0 Å². The van der Waals surface area contributed by atoms with Gasteiger partial charge in [-0.3, -0.25) is 14.9 Å². The van der Waals surface area contributed by atoms with E-state index in [1.165, 1.54) is 12.5 Å². The van der Waals surface area contributed by atoms with Gasteiger partial charge in [0.2, 0.25) is 5.91 Å².